The molecule has 0 aliphatic rings. The Balaban J connectivity index is 1.43. The van der Waals surface area contributed by atoms with Crippen LogP contribution in [0.25, 0.3) is 92.6 Å². The molecule has 0 atom stereocenters. The van der Waals surface area contributed by atoms with Crippen LogP contribution >= 0.6 is 11.3 Å². The van der Waals surface area contributed by atoms with Gasteiger partial charge in [-0.25, -0.2) is 4.98 Å². The molecule has 6 heteroatoms. The van der Waals surface area contributed by atoms with Crippen molar-refractivity contribution in [2.24, 2.45) is 0 Å². The van der Waals surface area contributed by atoms with Gasteiger partial charge in [-0.05, 0) is 34.7 Å². The van der Waals surface area contributed by atoms with Gasteiger partial charge < -0.3 is 4.74 Å². The Morgan fingerprint density at radius 1 is 0.480 bits per heavy atom. The number of hydrogen-bond acceptors (Lipinski definition) is 5. The standard InChI is InChI=1S/C44H28N4OS/c1-49-36-23-13-22-33-38-39-37(31-20-11-12-21-32(31)41(38)50-40(33)36)34-26-30(27-14-5-2-6-15-27)24-25-35(34)48(39)44-46-42(28-16-7-3-8-17-28)45-43(47-44)29-18-9-4-10-19-29/h2-26H,1H3. The Labute approximate surface area is 291 Å². The average molecular weight is 661 g/mol. The minimum absolute atomic E-state index is 0.573. The molecule has 0 radical (unpaired) electrons. The lowest BCUT2D eigenvalue weighted by molar-refractivity contribution is 0.420. The first-order valence-electron chi connectivity index (χ1n) is 16.6. The van der Waals surface area contributed by atoms with Crippen LogP contribution in [0.1, 0.15) is 0 Å². The van der Waals surface area contributed by atoms with Crippen LogP contribution in [-0.4, -0.2) is 26.6 Å². The number of benzene rings is 7. The van der Waals surface area contributed by atoms with E-state index in [1.165, 1.54) is 26.4 Å². The Morgan fingerprint density at radius 2 is 1.08 bits per heavy atom. The van der Waals surface area contributed by atoms with Crippen LogP contribution in [0, 0.1) is 0 Å². The van der Waals surface area contributed by atoms with E-state index in [9.17, 15) is 0 Å². The number of thiophene rings is 1. The summed E-state index contributed by atoms with van der Waals surface area (Å²) in [6, 6.07) is 52.7. The first kappa shape index (κ1) is 28.6. The molecule has 7 aromatic carbocycles. The van der Waals surface area contributed by atoms with Crippen LogP contribution < -0.4 is 4.74 Å². The largest absolute Gasteiger partial charge is 0.495 e. The maximum atomic E-state index is 5.92. The summed E-state index contributed by atoms with van der Waals surface area (Å²) in [5.41, 5.74) is 6.29. The van der Waals surface area contributed by atoms with Crippen molar-refractivity contribution in [1.29, 1.82) is 0 Å². The fourth-order valence-electron chi connectivity index (χ4n) is 7.29. The lowest BCUT2D eigenvalue weighted by Gasteiger charge is -2.12. The highest BCUT2D eigenvalue weighted by atomic mass is 32.1. The van der Waals surface area contributed by atoms with E-state index in [4.69, 9.17) is 19.7 Å². The first-order valence-corrected chi connectivity index (χ1v) is 17.4. The molecule has 0 spiro atoms. The number of hydrogen-bond donors (Lipinski definition) is 0. The summed E-state index contributed by atoms with van der Waals surface area (Å²) in [5, 5.41) is 7.03. The van der Waals surface area contributed by atoms with Crippen LogP contribution in [0.3, 0.4) is 0 Å². The molecule has 3 heterocycles. The van der Waals surface area contributed by atoms with E-state index in [1.807, 2.05) is 42.5 Å². The summed E-state index contributed by atoms with van der Waals surface area (Å²) in [6.07, 6.45) is 0. The second kappa shape index (κ2) is 11.4. The summed E-state index contributed by atoms with van der Waals surface area (Å²) >= 11 is 1.78. The second-order valence-electron chi connectivity index (χ2n) is 12.4. The molecule has 0 aliphatic heterocycles. The van der Waals surface area contributed by atoms with Gasteiger partial charge >= 0.3 is 0 Å². The van der Waals surface area contributed by atoms with Crippen molar-refractivity contribution in [3.8, 4) is 45.6 Å². The van der Waals surface area contributed by atoms with Crippen molar-refractivity contribution < 1.29 is 4.74 Å². The van der Waals surface area contributed by atoms with Crippen molar-refractivity contribution in [2.45, 2.75) is 0 Å². The minimum atomic E-state index is 0.573. The smallest absolute Gasteiger partial charge is 0.238 e. The highest BCUT2D eigenvalue weighted by Crippen LogP contribution is 2.49. The molecule has 0 fully saturated rings. The quantitative estimate of drug-likeness (QED) is 0.184. The lowest BCUT2D eigenvalue weighted by Crippen LogP contribution is -2.06. The molecule has 0 saturated carbocycles. The summed E-state index contributed by atoms with van der Waals surface area (Å²) < 4.78 is 10.5. The van der Waals surface area contributed by atoms with Gasteiger partial charge in [0.2, 0.25) is 5.95 Å². The van der Waals surface area contributed by atoms with Crippen molar-refractivity contribution in [3.63, 3.8) is 0 Å². The molecule has 50 heavy (non-hydrogen) atoms. The molecule has 0 bridgehead atoms. The maximum absolute atomic E-state index is 5.92. The fraction of sp³-hybridized carbons (Fsp3) is 0.0227. The number of aromatic nitrogens is 4. The zero-order valence-electron chi connectivity index (χ0n) is 27.0. The Hall–Kier alpha value is -6.37. The molecular weight excluding hydrogens is 633 g/mol. The zero-order chi connectivity index (χ0) is 33.2. The van der Waals surface area contributed by atoms with Gasteiger partial charge in [0.1, 0.15) is 5.75 Å². The van der Waals surface area contributed by atoms with Gasteiger partial charge in [-0.1, -0.05) is 133 Å². The molecule has 5 nitrogen and oxygen atoms in total. The highest BCUT2D eigenvalue weighted by molar-refractivity contribution is 7.27. The first-order chi connectivity index (χ1) is 24.8. The molecule has 236 valence electrons. The van der Waals surface area contributed by atoms with E-state index in [2.05, 4.69) is 114 Å². The SMILES string of the molecule is COc1cccc2c1sc1c3ccccc3c3c4cc(-c5ccccc5)ccc4n(-c4nc(-c5ccccc5)nc(-c5ccccc5)n4)c3c21. The predicted molar refractivity (Wildman–Crippen MR) is 207 cm³/mol. The van der Waals surface area contributed by atoms with Crippen LogP contribution in [0.4, 0.5) is 0 Å². The maximum Gasteiger partial charge on any atom is 0.238 e. The third kappa shape index (κ3) is 4.35. The van der Waals surface area contributed by atoms with Gasteiger partial charge in [0, 0.05) is 42.8 Å². The molecule has 0 saturated heterocycles. The van der Waals surface area contributed by atoms with Gasteiger partial charge in [0.25, 0.3) is 0 Å². The van der Waals surface area contributed by atoms with Crippen molar-refractivity contribution >= 4 is 64.1 Å². The monoisotopic (exact) mass is 660 g/mol. The van der Waals surface area contributed by atoms with Gasteiger partial charge in [-0.15, -0.1) is 11.3 Å². The van der Waals surface area contributed by atoms with E-state index in [1.54, 1.807) is 18.4 Å². The van der Waals surface area contributed by atoms with Crippen LogP contribution in [-0.2, 0) is 0 Å². The van der Waals surface area contributed by atoms with E-state index in [0.29, 0.717) is 17.6 Å². The molecule has 0 N–H and O–H groups in total. The van der Waals surface area contributed by atoms with Gasteiger partial charge in [0.15, 0.2) is 11.6 Å². The molecule has 10 rings (SSSR count). The molecule has 0 aliphatic carbocycles. The van der Waals surface area contributed by atoms with E-state index >= 15 is 0 Å². The Kier molecular flexibility index (Phi) is 6.51. The van der Waals surface area contributed by atoms with Crippen molar-refractivity contribution in [3.05, 3.63) is 152 Å². The third-order valence-electron chi connectivity index (χ3n) is 9.54. The molecule has 3 aromatic heterocycles. The normalized spacial score (nSPS) is 11.7. The van der Waals surface area contributed by atoms with Gasteiger partial charge in [-0.3, -0.25) is 4.57 Å². The van der Waals surface area contributed by atoms with Crippen molar-refractivity contribution in [2.75, 3.05) is 7.11 Å². The molecule has 0 unspecified atom stereocenters. The van der Waals surface area contributed by atoms with Crippen LogP contribution in [0.2, 0.25) is 0 Å². The summed E-state index contributed by atoms with van der Waals surface area (Å²) in [5.74, 6) is 2.69. The van der Waals surface area contributed by atoms with E-state index in [-0.39, 0.29) is 0 Å². The summed E-state index contributed by atoms with van der Waals surface area (Å²) in [6.45, 7) is 0. The number of methoxy groups -OCH3 is 1. The fourth-order valence-corrected chi connectivity index (χ4v) is 8.63. The van der Waals surface area contributed by atoms with Crippen molar-refractivity contribution in [1.82, 2.24) is 19.5 Å². The number of nitrogens with zero attached hydrogens (tertiary/aromatic N) is 4. The third-order valence-corrected chi connectivity index (χ3v) is 10.8. The topological polar surface area (TPSA) is 52.8 Å². The number of fused-ring (bicyclic) bond motifs is 10. The molecule has 0 amide bonds. The Bertz CT molecular complexity index is 2840. The van der Waals surface area contributed by atoms with E-state index in [0.717, 1.165) is 54.3 Å². The zero-order valence-corrected chi connectivity index (χ0v) is 27.9. The van der Waals surface area contributed by atoms with E-state index < -0.39 is 0 Å². The highest BCUT2D eigenvalue weighted by Gasteiger charge is 2.25. The second-order valence-corrected chi connectivity index (χ2v) is 13.4. The summed E-state index contributed by atoms with van der Waals surface area (Å²) in [7, 11) is 1.75. The minimum Gasteiger partial charge on any atom is -0.495 e. The molecule has 10 aromatic rings. The van der Waals surface area contributed by atoms with Crippen LogP contribution in [0.5, 0.6) is 5.75 Å². The van der Waals surface area contributed by atoms with Gasteiger partial charge in [0.05, 0.1) is 22.8 Å². The summed E-state index contributed by atoms with van der Waals surface area (Å²) in [4.78, 5) is 15.5. The van der Waals surface area contributed by atoms with Gasteiger partial charge in [-0.2, -0.15) is 9.97 Å². The lowest BCUT2D eigenvalue weighted by atomic mass is 9.98. The average Bonchev–Trinajstić information content (AvgIpc) is 3.75. The Morgan fingerprint density at radius 3 is 1.74 bits per heavy atom. The molecular formula is C44H28N4OS. The number of rotatable bonds is 5. The number of ether oxygens (including phenoxy) is 1. The van der Waals surface area contributed by atoms with Crippen LogP contribution in [0.15, 0.2) is 152 Å². The predicted octanol–water partition coefficient (Wildman–Crippen LogP) is 11.5.